The molecular weight excluding hydrogens is 158 g/mol. The second-order valence-corrected chi connectivity index (χ2v) is 3.50. The number of carbonyl (C=O) groups excluding carboxylic acids is 1. The summed E-state index contributed by atoms with van der Waals surface area (Å²) in [7, 11) is 0. The molecule has 2 N–H and O–H groups in total. The molecule has 1 aliphatic heterocycles. The van der Waals surface area contributed by atoms with E-state index in [1.54, 1.807) is 0 Å². The van der Waals surface area contributed by atoms with Gasteiger partial charge in [-0.15, -0.1) is 0 Å². The van der Waals surface area contributed by atoms with Crippen molar-refractivity contribution >= 4 is 11.9 Å². The molecule has 0 spiro atoms. The maximum absolute atomic E-state index is 10.9. The van der Waals surface area contributed by atoms with Gasteiger partial charge in [0.1, 0.15) is 6.04 Å². The van der Waals surface area contributed by atoms with Crippen molar-refractivity contribution in [3.63, 3.8) is 0 Å². The fourth-order valence-corrected chi connectivity index (χ4v) is 1.54. The highest BCUT2D eigenvalue weighted by Gasteiger charge is 2.38. The zero-order valence-electron chi connectivity index (χ0n) is 7.20. The lowest BCUT2D eigenvalue weighted by Crippen LogP contribution is -2.38. The van der Waals surface area contributed by atoms with E-state index in [4.69, 9.17) is 5.11 Å². The van der Waals surface area contributed by atoms with Gasteiger partial charge in [0.15, 0.2) is 0 Å². The molecule has 12 heavy (non-hydrogen) atoms. The van der Waals surface area contributed by atoms with Crippen molar-refractivity contribution in [2.45, 2.75) is 26.3 Å². The molecule has 2 atom stereocenters. The first-order chi connectivity index (χ1) is 5.52. The summed E-state index contributed by atoms with van der Waals surface area (Å²) >= 11 is 0. The number of hydrogen-bond donors (Lipinski definition) is 2. The van der Waals surface area contributed by atoms with E-state index in [0.717, 1.165) is 0 Å². The summed E-state index contributed by atoms with van der Waals surface area (Å²) < 4.78 is 0. The molecule has 0 bridgehead atoms. The third kappa shape index (κ3) is 1.57. The summed E-state index contributed by atoms with van der Waals surface area (Å²) in [4.78, 5) is 21.5. The van der Waals surface area contributed by atoms with Crippen LogP contribution < -0.4 is 5.32 Å². The van der Waals surface area contributed by atoms with Gasteiger partial charge in [0.2, 0.25) is 5.91 Å². The third-order valence-electron chi connectivity index (χ3n) is 2.29. The molecule has 1 heterocycles. The highest BCUT2D eigenvalue weighted by molar-refractivity contribution is 5.87. The molecular formula is C8H13NO3. The molecule has 4 heteroatoms. The van der Waals surface area contributed by atoms with Crippen molar-refractivity contribution in [1.29, 1.82) is 0 Å². The van der Waals surface area contributed by atoms with Crippen LogP contribution in [0.2, 0.25) is 0 Å². The minimum Gasteiger partial charge on any atom is -0.480 e. The van der Waals surface area contributed by atoms with Crippen molar-refractivity contribution in [1.82, 2.24) is 5.32 Å². The van der Waals surface area contributed by atoms with Crippen LogP contribution in [-0.2, 0) is 9.59 Å². The third-order valence-corrected chi connectivity index (χ3v) is 2.29. The van der Waals surface area contributed by atoms with E-state index < -0.39 is 12.0 Å². The van der Waals surface area contributed by atoms with E-state index in [1.165, 1.54) is 0 Å². The number of carbonyl (C=O) groups is 2. The van der Waals surface area contributed by atoms with Crippen LogP contribution in [0.25, 0.3) is 0 Å². The summed E-state index contributed by atoms with van der Waals surface area (Å²) in [5, 5.41) is 11.2. The molecule has 1 unspecified atom stereocenters. The van der Waals surface area contributed by atoms with E-state index in [9.17, 15) is 9.59 Å². The van der Waals surface area contributed by atoms with Gasteiger partial charge in [-0.1, -0.05) is 13.8 Å². The lowest BCUT2D eigenvalue weighted by Gasteiger charge is -2.17. The van der Waals surface area contributed by atoms with Gasteiger partial charge in [0, 0.05) is 12.3 Å². The molecule has 1 saturated heterocycles. The molecule has 1 rings (SSSR count). The van der Waals surface area contributed by atoms with Gasteiger partial charge in [-0.25, -0.2) is 4.79 Å². The SMILES string of the molecule is CC(C)C1CC(=O)N[C@@H]1C(=O)O. The predicted octanol–water partition coefficient (Wildman–Crippen LogP) is 0.232. The molecule has 1 fully saturated rings. The Morgan fingerprint density at radius 1 is 1.67 bits per heavy atom. The first kappa shape index (κ1) is 9.03. The normalized spacial score (nSPS) is 29.1. The Balaban J connectivity index is 2.72. The minimum absolute atomic E-state index is 0.0602. The van der Waals surface area contributed by atoms with E-state index >= 15 is 0 Å². The molecule has 0 aromatic carbocycles. The van der Waals surface area contributed by atoms with Crippen LogP contribution in [0.4, 0.5) is 0 Å². The molecule has 1 aliphatic rings. The highest BCUT2D eigenvalue weighted by atomic mass is 16.4. The number of amides is 1. The summed E-state index contributed by atoms with van der Waals surface area (Å²) in [5.74, 6) is -0.916. The number of aliphatic carboxylic acids is 1. The Labute approximate surface area is 71.0 Å². The van der Waals surface area contributed by atoms with E-state index in [2.05, 4.69) is 5.32 Å². The quantitative estimate of drug-likeness (QED) is 0.625. The van der Waals surface area contributed by atoms with Gasteiger partial charge in [0.25, 0.3) is 0 Å². The topological polar surface area (TPSA) is 66.4 Å². The van der Waals surface area contributed by atoms with Crippen molar-refractivity contribution < 1.29 is 14.7 Å². The number of carboxylic acids is 1. The van der Waals surface area contributed by atoms with Crippen molar-refractivity contribution in [2.24, 2.45) is 11.8 Å². The second-order valence-electron chi connectivity index (χ2n) is 3.50. The summed E-state index contributed by atoms with van der Waals surface area (Å²) in [6.07, 6.45) is 0.342. The van der Waals surface area contributed by atoms with Crippen LogP contribution in [-0.4, -0.2) is 23.0 Å². The molecule has 0 aromatic heterocycles. The Morgan fingerprint density at radius 3 is 2.58 bits per heavy atom. The van der Waals surface area contributed by atoms with Crippen LogP contribution in [0.1, 0.15) is 20.3 Å². The van der Waals surface area contributed by atoms with Gasteiger partial charge in [0.05, 0.1) is 0 Å². The van der Waals surface area contributed by atoms with Crippen LogP contribution in [0.15, 0.2) is 0 Å². The number of nitrogens with one attached hydrogen (secondary N) is 1. The first-order valence-electron chi connectivity index (χ1n) is 4.04. The van der Waals surface area contributed by atoms with E-state index in [0.29, 0.717) is 6.42 Å². The Bertz CT molecular complexity index is 212. The minimum atomic E-state index is -0.931. The van der Waals surface area contributed by atoms with Gasteiger partial charge in [-0.3, -0.25) is 4.79 Å². The van der Waals surface area contributed by atoms with Crippen LogP contribution in [0.5, 0.6) is 0 Å². The molecule has 4 nitrogen and oxygen atoms in total. The van der Waals surface area contributed by atoms with Crippen LogP contribution in [0.3, 0.4) is 0 Å². The second kappa shape index (κ2) is 3.13. The maximum atomic E-state index is 10.9. The van der Waals surface area contributed by atoms with E-state index in [-0.39, 0.29) is 17.7 Å². The molecule has 1 amide bonds. The average Bonchev–Trinajstić information content (AvgIpc) is 2.31. The average molecular weight is 171 g/mol. The van der Waals surface area contributed by atoms with Crippen LogP contribution in [0, 0.1) is 11.8 Å². The predicted molar refractivity (Wildman–Crippen MR) is 42.5 cm³/mol. The van der Waals surface area contributed by atoms with Gasteiger partial charge >= 0.3 is 5.97 Å². The van der Waals surface area contributed by atoms with Crippen molar-refractivity contribution in [3.05, 3.63) is 0 Å². The van der Waals surface area contributed by atoms with Gasteiger partial charge in [-0.05, 0) is 5.92 Å². The molecule has 0 radical (unpaired) electrons. The lowest BCUT2D eigenvalue weighted by molar-refractivity contribution is -0.141. The Morgan fingerprint density at radius 2 is 2.25 bits per heavy atom. The zero-order chi connectivity index (χ0) is 9.30. The van der Waals surface area contributed by atoms with Gasteiger partial charge in [-0.2, -0.15) is 0 Å². The highest BCUT2D eigenvalue weighted by Crippen LogP contribution is 2.24. The summed E-state index contributed by atoms with van der Waals surface area (Å²) in [6.45, 7) is 3.86. The number of carboxylic acid groups (broad SMARTS) is 1. The van der Waals surface area contributed by atoms with Crippen LogP contribution >= 0.6 is 0 Å². The lowest BCUT2D eigenvalue weighted by atomic mass is 9.89. The fourth-order valence-electron chi connectivity index (χ4n) is 1.54. The molecule has 0 aliphatic carbocycles. The largest absolute Gasteiger partial charge is 0.480 e. The Kier molecular flexibility index (Phi) is 2.35. The monoisotopic (exact) mass is 171 g/mol. The summed E-state index contributed by atoms with van der Waals surface area (Å²) in [5.41, 5.74) is 0. The molecule has 0 saturated carbocycles. The maximum Gasteiger partial charge on any atom is 0.326 e. The zero-order valence-corrected chi connectivity index (χ0v) is 7.20. The Hall–Kier alpha value is -1.06. The first-order valence-corrected chi connectivity index (χ1v) is 4.04. The number of hydrogen-bond acceptors (Lipinski definition) is 2. The summed E-state index contributed by atoms with van der Waals surface area (Å²) in [6, 6.07) is -0.683. The molecule has 68 valence electrons. The van der Waals surface area contributed by atoms with Gasteiger partial charge < -0.3 is 10.4 Å². The number of rotatable bonds is 2. The standard InChI is InChI=1S/C8H13NO3/c1-4(2)5-3-6(10)9-7(5)8(11)12/h4-5,7H,3H2,1-2H3,(H,9,10)(H,11,12)/t5?,7-/m0/s1. The van der Waals surface area contributed by atoms with E-state index in [1.807, 2.05) is 13.8 Å². The van der Waals surface area contributed by atoms with Crippen molar-refractivity contribution in [3.8, 4) is 0 Å². The van der Waals surface area contributed by atoms with Crippen molar-refractivity contribution in [2.75, 3.05) is 0 Å². The smallest absolute Gasteiger partial charge is 0.326 e. The fraction of sp³-hybridized carbons (Fsp3) is 0.750. The molecule has 0 aromatic rings.